The molecule has 2 atom stereocenters. The van der Waals surface area contributed by atoms with Crippen molar-refractivity contribution < 1.29 is 27.8 Å². The molecule has 2 unspecified atom stereocenters. The fraction of sp³-hybridized carbons (Fsp3) is 0.667. The van der Waals surface area contributed by atoms with Crippen molar-refractivity contribution in [3.8, 4) is 11.5 Å². The standard InChI is InChI=1S/C21H26F2O4S2/c1-25-18-9-13(5-6-17(18)27-20(22)23)12-26-19(24)14-10-15-3-2-4-16(11-14)21(15)28-7-8-29-21/h5-6,9,14-16,20H,2-4,7-8,10-12H2,1H3. The van der Waals surface area contributed by atoms with Crippen molar-refractivity contribution in [1.82, 2.24) is 0 Å². The molecule has 3 aliphatic rings. The molecule has 1 spiro atoms. The average Bonchev–Trinajstić information content (AvgIpc) is 3.16. The summed E-state index contributed by atoms with van der Waals surface area (Å²) in [6.45, 7) is -2.82. The Labute approximate surface area is 178 Å². The predicted molar refractivity (Wildman–Crippen MR) is 111 cm³/mol. The molecule has 0 amide bonds. The molecule has 0 radical (unpaired) electrons. The number of ether oxygens (including phenoxy) is 3. The zero-order valence-corrected chi connectivity index (χ0v) is 18.0. The molecule has 2 bridgehead atoms. The molecule has 4 nitrogen and oxygen atoms in total. The summed E-state index contributed by atoms with van der Waals surface area (Å²) >= 11 is 4.25. The van der Waals surface area contributed by atoms with Gasteiger partial charge in [-0.25, -0.2) is 0 Å². The van der Waals surface area contributed by atoms with E-state index < -0.39 is 6.61 Å². The Morgan fingerprint density at radius 3 is 2.48 bits per heavy atom. The Morgan fingerprint density at radius 1 is 1.17 bits per heavy atom. The van der Waals surface area contributed by atoms with Gasteiger partial charge in [0, 0.05) is 11.5 Å². The van der Waals surface area contributed by atoms with Crippen molar-refractivity contribution in [3.63, 3.8) is 0 Å². The first kappa shape index (κ1) is 21.1. The summed E-state index contributed by atoms with van der Waals surface area (Å²) < 4.78 is 40.4. The van der Waals surface area contributed by atoms with Crippen molar-refractivity contribution in [1.29, 1.82) is 0 Å². The third-order valence-electron chi connectivity index (χ3n) is 6.28. The fourth-order valence-electron chi connectivity index (χ4n) is 5.07. The lowest BCUT2D eigenvalue weighted by Gasteiger charge is -2.51. The minimum Gasteiger partial charge on any atom is -0.493 e. The van der Waals surface area contributed by atoms with Crippen LogP contribution < -0.4 is 9.47 Å². The second kappa shape index (κ2) is 8.92. The van der Waals surface area contributed by atoms with Gasteiger partial charge in [-0.05, 0) is 55.2 Å². The Bertz CT molecular complexity index is 723. The average molecular weight is 445 g/mol. The van der Waals surface area contributed by atoms with Gasteiger partial charge in [0.25, 0.3) is 0 Å². The highest BCUT2D eigenvalue weighted by Crippen LogP contribution is 2.64. The maximum Gasteiger partial charge on any atom is 0.387 e. The van der Waals surface area contributed by atoms with Gasteiger partial charge in [-0.2, -0.15) is 8.78 Å². The first-order chi connectivity index (χ1) is 14.0. The van der Waals surface area contributed by atoms with E-state index in [9.17, 15) is 13.6 Å². The number of methoxy groups -OCH3 is 1. The largest absolute Gasteiger partial charge is 0.493 e. The van der Waals surface area contributed by atoms with E-state index in [1.54, 1.807) is 12.1 Å². The number of hydrogen-bond donors (Lipinski definition) is 0. The van der Waals surface area contributed by atoms with E-state index in [-0.39, 0.29) is 30.0 Å². The van der Waals surface area contributed by atoms with Crippen molar-refractivity contribution >= 4 is 29.5 Å². The number of carbonyl (C=O) groups is 1. The molecule has 29 heavy (non-hydrogen) atoms. The Kier molecular flexibility index (Phi) is 6.49. The first-order valence-electron chi connectivity index (χ1n) is 10.1. The highest BCUT2D eigenvalue weighted by atomic mass is 32.2. The minimum absolute atomic E-state index is 0.0328. The van der Waals surface area contributed by atoms with E-state index in [0.29, 0.717) is 21.5 Å². The van der Waals surface area contributed by atoms with Crippen LogP contribution in [0, 0.1) is 17.8 Å². The van der Waals surface area contributed by atoms with Crippen molar-refractivity contribution in [3.05, 3.63) is 23.8 Å². The molecule has 0 aromatic heterocycles. The van der Waals surface area contributed by atoms with Gasteiger partial charge in [0.05, 0.1) is 17.1 Å². The van der Waals surface area contributed by atoms with Crippen LogP contribution >= 0.6 is 23.5 Å². The number of carbonyl (C=O) groups excluding carboxylic acids is 1. The maximum atomic E-state index is 12.8. The highest BCUT2D eigenvalue weighted by Gasteiger charge is 2.55. The topological polar surface area (TPSA) is 44.8 Å². The lowest BCUT2D eigenvalue weighted by Crippen LogP contribution is -2.48. The number of halogens is 2. The third kappa shape index (κ3) is 4.33. The summed E-state index contributed by atoms with van der Waals surface area (Å²) in [5.74, 6) is 3.61. The van der Waals surface area contributed by atoms with E-state index in [0.717, 1.165) is 12.8 Å². The summed E-state index contributed by atoms with van der Waals surface area (Å²) in [5, 5.41) is 0. The summed E-state index contributed by atoms with van der Waals surface area (Å²) in [5.41, 5.74) is 0.686. The summed E-state index contributed by atoms with van der Waals surface area (Å²) in [4.78, 5) is 12.8. The number of benzene rings is 1. The monoisotopic (exact) mass is 444 g/mol. The van der Waals surface area contributed by atoms with Crippen LogP contribution in [0.25, 0.3) is 0 Å². The normalized spacial score (nSPS) is 27.8. The third-order valence-corrected chi connectivity index (χ3v) is 10.3. The van der Waals surface area contributed by atoms with Crippen LogP contribution in [0.2, 0.25) is 0 Å². The minimum atomic E-state index is -2.92. The maximum absolute atomic E-state index is 12.8. The van der Waals surface area contributed by atoms with Crippen LogP contribution in [-0.2, 0) is 16.1 Å². The molecule has 2 saturated carbocycles. The summed E-state index contributed by atoms with van der Waals surface area (Å²) in [6.07, 6.45) is 5.53. The molecular weight excluding hydrogens is 418 g/mol. The number of hydrogen-bond acceptors (Lipinski definition) is 6. The molecule has 3 fully saturated rings. The van der Waals surface area contributed by atoms with E-state index in [4.69, 9.17) is 9.47 Å². The van der Waals surface area contributed by atoms with Crippen molar-refractivity contribution in [2.75, 3.05) is 18.6 Å². The molecule has 8 heteroatoms. The van der Waals surface area contributed by atoms with Crippen LogP contribution in [0.4, 0.5) is 8.78 Å². The van der Waals surface area contributed by atoms with Gasteiger partial charge in [-0.3, -0.25) is 4.79 Å². The van der Waals surface area contributed by atoms with Crippen LogP contribution in [-0.4, -0.2) is 35.3 Å². The zero-order valence-electron chi connectivity index (χ0n) is 16.4. The molecule has 1 aliphatic heterocycles. The van der Waals surface area contributed by atoms with Gasteiger partial charge < -0.3 is 14.2 Å². The van der Waals surface area contributed by atoms with Crippen LogP contribution in [0.3, 0.4) is 0 Å². The zero-order chi connectivity index (χ0) is 20.4. The lowest BCUT2D eigenvalue weighted by molar-refractivity contribution is -0.152. The SMILES string of the molecule is COc1cc(COC(=O)C2CC3CCCC(C2)C32SCCS2)ccc1OC(F)F. The molecule has 0 N–H and O–H groups in total. The molecule has 2 aliphatic carbocycles. The van der Waals surface area contributed by atoms with Gasteiger partial charge in [0.2, 0.25) is 0 Å². The van der Waals surface area contributed by atoms with E-state index in [1.807, 2.05) is 0 Å². The van der Waals surface area contributed by atoms with Crippen molar-refractivity contribution in [2.45, 2.75) is 49.4 Å². The van der Waals surface area contributed by atoms with Gasteiger partial charge >= 0.3 is 12.6 Å². The summed E-state index contributed by atoms with van der Waals surface area (Å²) in [7, 11) is 1.39. The highest BCUT2D eigenvalue weighted by molar-refractivity contribution is 8.21. The Morgan fingerprint density at radius 2 is 1.86 bits per heavy atom. The molecule has 1 heterocycles. The van der Waals surface area contributed by atoms with Gasteiger partial charge in [-0.15, -0.1) is 23.5 Å². The number of thioether (sulfide) groups is 2. The first-order valence-corrected chi connectivity index (χ1v) is 12.0. The van der Waals surface area contributed by atoms with Crippen LogP contribution in [0.1, 0.15) is 37.7 Å². The van der Waals surface area contributed by atoms with Gasteiger partial charge in [-0.1, -0.05) is 12.5 Å². The number of esters is 1. The smallest absolute Gasteiger partial charge is 0.387 e. The number of rotatable bonds is 6. The van der Waals surface area contributed by atoms with E-state index >= 15 is 0 Å². The molecule has 160 valence electrons. The number of alkyl halides is 2. The Hall–Kier alpha value is -1.15. The fourth-order valence-corrected chi connectivity index (χ4v) is 9.01. The van der Waals surface area contributed by atoms with Gasteiger partial charge in [0.15, 0.2) is 11.5 Å². The van der Waals surface area contributed by atoms with E-state index in [2.05, 4.69) is 28.3 Å². The second-order valence-corrected chi connectivity index (χ2v) is 10.9. The van der Waals surface area contributed by atoms with Crippen molar-refractivity contribution in [2.24, 2.45) is 17.8 Å². The molecule has 4 rings (SSSR count). The predicted octanol–water partition coefficient (Wildman–Crippen LogP) is 5.34. The lowest BCUT2D eigenvalue weighted by atomic mass is 9.67. The summed E-state index contributed by atoms with van der Waals surface area (Å²) in [6, 6.07) is 4.60. The van der Waals surface area contributed by atoms with Gasteiger partial charge in [0.1, 0.15) is 6.61 Å². The van der Waals surface area contributed by atoms with Crippen LogP contribution in [0.5, 0.6) is 11.5 Å². The Balaban J connectivity index is 1.37. The molecule has 1 aromatic rings. The van der Waals surface area contributed by atoms with E-state index in [1.165, 1.54) is 43.9 Å². The molecule has 1 aromatic carbocycles. The second-order valence-electron chi connectivity index (χ2n) is 7.88. The molecular formula is C21H26F2O4S2. The van der Waals surface area contributed by atoms with Crippen LogP contribution in [0.15, 0.2) is 18.2 Å². The quantitative estimate of drug-likeness (QED) is 0.552. The molecule has 1 saturated heterocycles.